The van der Waals surface area contributed by atoms with Crippen LogP contribution in [0.3, 0.4) is 0 Å². The second-order valence-corrected chi connectivity index (χ2v) is 15.4. The second-order valence-electron chi connectivity index (χ2n) is 12.4. The minimum Gasteiger partial charge on any atom is -0.480 e. The number of sulfonamides is 1. The topological polar surface area (TPSA) is 113 Å². The molecule has 1 fully saturated rings. The molecule has 1 aliphatic rings. The van der Waals surface area contributed by atoms with Crippen molar-refractivity contribution < 1.29 is 27.9 Å². The number of thioether (sulfide) groups is 1. The Kier molecular flexibility index (Phi) is 12.7. The molecule has 4 aromatic carbocycles. The Balaban J connectivity index is 1.36. The molecule has 2 atom stereocenters. The van der Waals surface area contributed by atoms with E-state index in [2.05, 4.69) is 17.4 Å². The average Bonchev–Trinajstić information content (AvgIpc) is 3.12. The van der Waals surface area contributed by atoms with Gasteiger partial charge in [-0.05, 0) is 103 Å². The summed E-state index contributed by atoms with van der Waals surface area (Å²) >= 11 is 1.53. The van der Waals surface area contributed by atoms with Crippen molar-refractivity contribution in [3.8, 4) is 11.1 Å². The molecule has 0 saturated carbocycles. The molecule has 1 saturated heterocycles. The van der Waals surface area contributed by atoms with Crippen LogP contribution < -0.4 is 5.32 Å². The van der Waals surface area contributed by atoms with Gasteiger partial charge in [-0.15, -0.1) is 0 Å². The molecule has 0 bridgehead atoms. The lowest BCUT2D eigenvalue weighted by Gasteiger charge is -2.35. The standard InChI is InChI=1S/C39H44N2O6S2/c1-28-11-9-10-16-33(28)35-25-30(17-18-34(35)38(42)40-36(39(43)44)21-24-48-2)27-47-37(26-29-12-5-3-6-13-29)31-19-22-41(23-20-31)49(45,46)32-14-7-4-8-15-32/h3-18,25,31,36-37H,19-24,26-27H2,1-2H3,(H,40,42)(H,43,44)/t36-,37?/m0/s1. The van der Waals surface area contributed by atoms with E-state index in [9.17, 15) is 23.1 Å². The van der Waals surface area contributed by atoms with Crippen molar-refractivity contribution in [3.05, 3.63) is 125 Å². The predicted octanol–water partition coefficient (Wildman–Crippen LogP) is 6.83. The van der Waals surface area contributed by atoms with Gasteiger partial charge < -0.3 is 15.2 Å². The molecule has 10 heteroatoms. The largest absolute Gasteiger partial charge is 0.480 e. The van der Waals surface area contributed by atoms with Gasteiger partial charge in [-0.25, -0.2) is 13.2 Å². The summed E-state index contributed by atoms with van der Waals surface area (Å²) in [4.78, 5) is 25.8. The molecule has 1 amide bonds. The number of amides is 1. The van der Waals surface area contributed by atoms with E-state index < -0.39 is 27.9 Å². The number of hydrogen-bond acceptors (Lipinski definition) is 6. The number of carboxylic acid groups (broad SMARTS) is 1. The van der Waals surface area contributed by atoms with Crippen molar-refractivity contribution in [3.63, 3.8) is 0 Å². The number of piperidine rings is 1. The molecule has 0 aliphatic carbocycles. The highest BCUT2D eigenvalue weighted by molar-refractivity contribution is 7.98. The van der Waals surface area contributed by atoms with E-state index in [-0.39, 0.29) is 12.0 Å². The summed E-state index contributed by atoms with van der Waals surface area (Å²) in [5, 5.41) is 12.5. The summed E-state index contributed by atoms with van der Waals surface area (Å²) in [6.07, 6.45) is 4.13. The van der Waals surface area contributed by atoms with Crippen LogP contribution >= 0.6 is 11.8 Å². The third kappa shape index (κ3) is 9.39. The van der Waals surface area contributed by atoms with Gasteiger partial charge in [-0.2, -0.15) is 16.1 Å². The number of ether oxygens (including phenoxy) is 1. The van der Waals surface area contributed by atoms with Gasteiger partial charge in [0.05, 0.1) is 17.6 Å². The highest BCUT2D eigenvalue weighted by Gasteiger charge is 2.33. The molecule has 1 heterocycles. The summed E-state index contributed by atoms with van der Waals surface area (Å²) in [7, 11) is -3.56. The van der Waals surface area contributed by atoms with Gasteiger partial charge in [0.15, 0.2) is 0 Å². The summed E-state index contributed by atoms with van der Waals surface area (Å²) in [5.41, 5.74) is 5.03. The van der Waals surface area contributed by atoms with Gasteiger partial charge in [-0.1, -0.05) is 78.9 Å². The van der Waals surface area contributed by atoms with Gasteiger partial charge in [-0.3, -0.25) is 4.79 Å². The first-order valence-electron chi connectivity index (χ1n) is 16.6. The number of aryl methyl sites for hydroxylation is 1. The Bertz CT molecular complexity index is 1810. The summed E-state index contributed by atoms with van der Waals surface area (Å²) in [6, 6.07) is 31.1. The molecule has 1 aliphatic heterocycles. The molecule has 8 nitrogen and oxygen atoms in total. The van der Waals surface area contributed by atoms with Crippen LogP contribution in [0, 0.1) is 12.8 Å². The molecule has 1 unspecified atom stereocenters. The van der Waals surface area contributed by atoms with Crippen LogP contribution in [0.4, 0.5) is 0 Å². The molecule has 0 radical (unpaired) electrons. The minimum absolute atomic E-state index is 0.151. The normalized spacial score (nSPS) is 15.4. The highest BCUT2D eigenvalue weighted by atomic mass is 32.2. The van der Waals surface area contributed by atoms with Crippen LogP contribution in [0.25, 0.3) is 11.1 Å². The average molecular weight is 701 g/mol. The Morgan fingerprint density at radius 3 is 2.20 bits per heavy atom. The number of carbonyl (C=O) groups excluding carboxylic acids is 1. The first-order valence-corrected chi connectivity index (χ1v) is 19.4. The van der Waals surface area contributed by atoms with Crippen molar-refractivity contribution in [1.82, 2.24) is 9.62 Å². The van der Waals surface area contributed by atoms with Crippen LogP contribution in [0.2, 0.25) is 0 Å². The fraction of sp³-hybridized carbons (Fsp3) is 0.333. The maximum Gasteiger partial charge on any atom is 0.326 e. The number of benzene rings is 4. The summed E-state index contributed by atoms with van der Waals surface area (Å²) in [6.45, 7) is 3.13. The molecule has 0 spiro atoms. The zero-order valence-electron chi connectivity index (χ0n) is 28.0. The lowest BCUT2D eigenvalue weighted by Crippen LogP contribution is -2.42. The van der Waals surface area contributed by atoms with E-state index in [0.717, 1.165) is 22.3 Å². The minimum atomic E-state index is -3.56. The van der Waals surface area contributed by atoms with Crippen LogP contribution in [-0.4, -0.2) is 66.9 Å². The maximum atomic E-state index is 13.5. The van der Waals surface area contributed by atoms with Crippen LogP contribution in [0.1, 0.15) is 46.3 Å². The number of carboxylic acids is 1. The Morgan fingerprint density at radius 2 is 1.55 bits per heavy atom. The van der Waals surface area contributed by atoms with Gasteiger partial charge in [0.1, 0.15) is 6.04 Å². The molecule has 5 rings (SSSR count). The zero-order valence-corrected chi connectivity index (χ0v) is 29.6. The Hall–Kier alpha value is -3.96. The molecule has 258 valence electrons. The second kappa shape index (κ2) is 17.1. The fourth-order valence-electron chi connectivity index (χ4n) is 6.35. The fourth-order valence-corrected chi connectivity index (χ4v) is 8.31. The number of hydrogen-bond donors (Lipinski definition) is 2. The van der Waals surface area contributed by atoms with Crippen molar-refractivity contribution in [1.29, 1.82) is 0 Å². The number of rotatable bonds is 15. The lowest BCUT2D eigenvalue weighted by atomic mass is 9.88. The quantitative estimate of drug-likeness (QED) is 0.140. The van der Waals surface area contributed by atoms with Crippen molar-refractivity contribution in [2.75, 3.05) is 25.1 Å². The van der Waals surface area contributed by atoms with Crippen LogP contribution in [-0.2, 0) is 32.6 Å². The zero-order chi connectivity index (χ0) is 34.8. The van der Waals surface area contributed by atoms with E-state index in [1.54, 1.807) is 34.6 Å². The number of aliphatic carboxylic acids is 1. The summed E-state index contributed by atoms with van der Waals surface area (Å²) in [5.74, 6) is -0.724. The van der Waals surface area contributed by atoms with E-state index in [0.29, 0.717) is 67.2 Å². The third-order valence-corrected chi connectivity index (χ3v) is 11.7. The van der Waals surface area contributed by atoms with E-state index in [1.165, 1.54) is 11.8 Å². The van der Waals surface area contributed by atoms with Crippen LogP contribution in [0.5, 0.6) is 0 Å². The molecular formula is C39H44N2O6S2. The van der Waals surface area contributed by atoms with E-state index >= 15 is 0 Å². The van der Waals surface area contributed by atoms with E-state index in [1.807, 2.05) is 73.8 Å². The van der Waals surface area contributed by atoms with Gasteiger partial charge in [0.2, 0.25) is 10.0 Å². The molecule has 2 N–H and O–H groups in total. The molecule has 0 aromatic heterocycles. The van der Waals surface area contributed by atoms with Gasteiger partial charge in [0.25, 0.3) is 5.91 Å². The monoisotopic (exact) mass is 700 g/mol. The van der Waals surface area contributed by atoms with Gasteiger partial charge in [0, 0.05) is 18.7 Å². The molecule has 4 aromatic rings. The van der Waals surface area contributed by atoms with Crippen molar-refractivity contribution in [2.24, 2.45) is 5.92 Å². The van der Waals surface area contributed by atoms with Crippen LogP contribution in [0.15, 0.2) is 108 Å². The first kappa shape index (κ1) is 36.3. The smallest absolute Gasteiger partial charge is 0.326 e. The lowest BCUT2D eigenvalue weighted by molar-refractivity contribution is -0.139. The predicted molar refractivity (Wildman–Crippen MR) is 195 cm³/mol. The number of nitrogens with zero attached hydrogens (tertiary/aromatic N) is 1. The van der Waals surface area contributed by atoms with E-state index in [4.69, 9.17) is 4.74 Å². The van der Waals surface area contributed by atoms with Crippen molar-refractivity contribution in [2.45, 2.75) is 56.3 Å². The number of carbonyl (C=O) groups is 2. The highest BCUT2D eigenvalue weighted by Crippen LogP contribution is 2.32. The maximum absolute atomic E-state index is 13.5. The SMILES string of the molecule is CSCC[C@H](NC(=O)c1ccc(COC(Cc2ccccc2)C2CCN(S(=O)(=O)c3ccccc3)CC2)cc1-c1ccccc1C)C(=O)O. The Morgan fingerprint density at radius 1 is 0.898 bits per heavy atom. The first-order chi connectivity index (χ1) is 23.7. The summed E-state index contributed by atoms with van der Waals surface area (Å²) < 4.78 is 34.8. The van der Waals surface area contributed by atoms with Crippen molar-refractivity contribution >= 4 is 33.7 Å². The molecule has 49 heavy (non-hydrogen) atoms. The third-order valence-electron chi connectivity index (χ3n) is 9.13. The molecular weight excluding hydrogens is 657 g/mol. The Labute approximate surface area is 293 Å². The van der Waals surface area contributed by atoms with Gasteiger partial charge >= 0.3 is 5.97 Å². The number of nitrogens with one attached hydrogen (secondary N) is 1.